The Balaban J connectivity index is 2.32. The van der Waals surface area contributed by atoms with E-state index in [1.54, 1.807) is 12.0 Å². The Morgan fingerprint density at radius 2 is 2.00 bits per heavy atom. The molecule has 0 saturated heterocycles. The first kappa shape index (κ1) is 18.1. The van der Waals surface area contributed by atoms with Crippen molar-refractivity contribution in [2.24, 2.45) is 0 Å². The van der Waals surface area contributed by atoms with Crippen molar-refractivity contribution in [3.05, 3.63) is 52.8 Å². The van der Waals surface area contributed by atoms with Crippen LogP contribution in [0.2, 0.25) is 0 Å². The van der Waals surface area contributed by atoms with Gasteiger partial charge in [0.25, 0.3) is 5.91 Å². The second-order valence-corrected chi connectivity index (χ2v) is 5.79. The van der Waals surface area contributed by atoms with E-state index in [9.17, 15) is 9.90 Å². The van der Waals surface area contributed by atoms with Crippen LogP contribution in [-0.4, -0.2) is 40.7 Å². The minimum atomic E-state index is -0.0760. The first-order valence-corrected chi connectivity index (χ1v) is 8.22. The molecule has 130 valence electrons. The number of para-hydroxylation sites is 1. The molecule has 0 saturated carbocycles. The van der Waals surface area contributed by atoms with Crippen molar-refractivity contribution in [2.45, 2.75) is 33.9 Å². The molecular formula is C19H26N2O3. The largest absolute Gasteiger partial charge is 0.496 e. The number of aliphatic hydroxyl groups is 1. The molecule has 0 spiro atoms. The molecule has 24 heavy (non-hydrogen) atoms. The van der Waals surface area contributed by atoms with Crippen LogP contribution in [0, 0.1) is 13.8 Å². The Bertz CT molecular complexity index is 707. The molecule has 1 heterocycles. The van der Waals surface area contributed by atoms with Crippen LogP contribution in [0.5, 0.6) is 5.75 Å². The average Bonchev–Trinajstić information content (AvgIpc) is 2.88. The number of amides is 1. The van der Waals surface area contributed by atoms with E-state index >= 15 is 0 Å². The summed E-state index contributed by atoms with van der Waals surface area (Å²) >= 11 is 0. The maximum atomic E-state index is 13.0. The molecule has 1 aromatic carbocycles. The summed E-state index contributed by atoms with van der Waals surface area (Å²) in [4.78, 5) is 14.7. The fourth-order valence-corrected chi connectivity index (χ4v) is 3.09. The lowest BCUT2D eigenvalue weighted by atomic mass is 10.1. The van der Waals surface area contributed by atoms with E-state index in [1.807, 2.05) is 44.2 Å². The van der Waals surface area contributed by atoms with Gasteiger partial charge in [0.1, 0.15) is 5.75 Å². The highest BCUT2D eigenvalue weighted by Crippen LogP contribution is 2.22. The summed E-state index contributed by atoms with van der Waals surface area (Å²) in [5, 5.41) is 9.38. The summed E-state index contributed by atoms with van der Waals surface area (Å²) in [7, 11) is 1.62. The zero-order valence-corrected chi connectivity index (χ0v) is 14.9. The van der Waals surface area contributed by atoms with Crippen LogP contribution in [0.3, 0.4) is 0 Å². The van der Waals surface area contributed by atoms with Crippen LogP contribution in [0.25, 0.3) is 0 Å². The van der Waals surface area contributed by atoms with Gasteiger partial charge in [0.15, 0.2) is 0 Å². The minimum Gasteiger partial charge on any atom is -0.496 e. The van der Waals surface area contributed by atoms with Crippen LogP contribution in [0.15, 0.2) is 30.3 Å². The van der Waals surface area contributed by atoms with E-state index in [2.05, 4.69) is 11.5 Å². The number of hydrogen-bond acceptors (Lipinski definition) is 3. The highest BCUT2D eigenvalue weighted by molar-refractivity contribution is 5.95. The average molecular weight is 330 g/mol. The molecule has 0 fully saturated rings. The SMILES string of the molecule is CCn1c(C)cc(C(=O)N(CCO)Cc2ccccc2OC)c1C. The normalized spacial score (nSPS) is 10.7. The molecule has 0 radical (unpaired) electrons. The van der Waals surface area contributed by atoms with E-state index in [0.717, 1.165) is 29.2 Å². The molecule has 1 N–H and O–H groups in total. The van der Waals surface area contributed by atoms with Crippen molar-refractivity contribution in [3.8, 4) is 5.75 Å². The number of methoxy groups -OCH3 is 1. The lowest BCUT2D eigenvalue weighted by molar-refractivity contribution is 0.0705. The Morgan fingerprint density at radius 1 is 1.29 bits per heavy atom. The topological polar surface area (TPSA) is 54.7 Å². The summed E-state index contributed by atoms with van der Waals surface area (Å²) in [6.45, 7) is 7.47. The number of carbonyl (C=O) groups excluding carboxylic acids is 1. The van der Waals surface area contributed by atoms with Gasteiger partial charge >= 0.3 is 0 Å². The minimum absolute atomic E-state index is 0.0669. The molecule has 0 aliphatic heterocycles. The molecule has 2 rings (SSSR count). The number of nitrogens with zero attached hydrogens (tertiary/aromatic N) is 2. The van der Waals surface area contributed by atoms with E-state index in [4.69, 9.17) is 4.74 Å². The van der Waals surface area contributed by atoms with E-state index in [0.29, 0.717) is 12.1 Å². The van der Waals surface area contributed by atoms with Gasteiger partial charge in [-0.25, -0.2) is 0 Å². The molecule has 0 bridgehead atoms. The third kappa shape index (κ3) is 3.62. The van der Waals surface area contributed by atoms with Crippen LogP contribution < -0.4 is 4.74 Å². The molecule has 0 aliphatic rings. The maximum Gasteiger partial charge on any atom is 0.256 e. The summed E-state index contributed by atoms with van der Waals surface area (Å²) in [5.74, 6) is 0.676. The molecule has 2 aromatic rings. The monoisotopic (exact) mass is 330 g/mol. The number of aryl methyl sites for hydroxylation is 1. The standard InChI is InChI=1S/C19H26N2O3/c1-5-21-14(2)12-17(15(21)3)19(23)20(10-11-22)13-16-8-6-7-9-18(16)24-4/h6-9,12,22H,5,10-11,13H2,1-4H3. The molecule has 0 unspecified atom stereocenters. The molecule has 0 aliphatic carbocycles. The van der Waals surface area contributed by atoms with Gasteiger partial charge in [-0.05, 0) is 32.9 Å². The van der Waals surface area contributed by atoms with Crippen molar-refractivity contribution < 1.29 is 14.6 Å². The molecule has 1 aromatic heterocycles. The van der Waals surface area contributed by atoms with Gasteiger partial charge in [-0.2, -0.15) is 0 Å². The third-order valence-electron chi connectivity index (χ3n) is 4.33. The zero-order chi connectivity index (χ0) is 17.7. The third-order valence-corrected chi connectivity index (χ3v) is 4.33. The van der Waals surface area contributed by atoms with Gasteiger partial charge in [0.05, 0.1) is 19.3 Å². The van der Waals surface area contributed by atoms with Crippen molar-refractivity contribution in [1.82, 2.24) is 9.47 Å². The fraction of sp³-hybridized carbons (Fsp3) is 0.421. The summed E-state index contributed by atoms with van der Waals surface area (Å²) in [6.07, 6.45) is 0. The molecule has 5 nitrogen and oxygen atoms in total. The van der Waals surface area contributed by atoms with Crippen molar-refractivity contribution >= 4 is 5.91 Å². The number of benzene rings is 1. The number of rotatable bonds is 7. The Labute approximate surface area is 143 Å². The van der Waals surface area contributed by atoms with Gasteiger partial charge in [-0.15, -0.1) is 0 Å². The Kier molecular flexibility index (Phi) is 6.04. The van der Waals surface area contributed by atoms with E-state index in [1.165, 1.54) is 0 Å². The van der Waals surface area contributed by atoms with Crippen molar-refractivity contribution in [1.29, 1.82) is 0 Å². The highest BCUT2D eigenvalue weighted by atomic mass is 16.5. The van der Waals surface area contributed by atoms with Crippen molar-refractivity contribution in [3.63, 3.8) is 0 Å². The molecule has 0 atom stereocenters. The highest BCUT2D eigenvalue weighted by Gasteiger charge is 2.21. The van der Waals surface area contributed by atoms with Crippen molar-refractivity contribution in [2.75, 3.05) is 20.3 Å². The predicted molar refractivity (Wildman–Crippen MR) is 94.4 cm³/mol. The Morgan fingerprint density at radius 3 is 2.58 bits per heavy atom. The van der Waals surface area contributed by atoms with Gasteiger partial charge in [-0.1, -0.05) is 18.2 Å². The lowest BCUT2D eigenvalue weighted by Crippen LogP contribution is -2.33. The van der Waals surface area contributed by atoms with Crippen LogP contribution in [0.1, 0.15) is 34.2 Å². The first-order chi connectivity index (χ1) is 11.5. The van der Waals surface area contributed by atoms with Crippen LogP contribution in [0.4, 0.5) is 0 Å². The molecule has 1 amide bonds. The second kappa shape index (κ2) is 8.02. The number of aromatic nitrogens is 1. The van der Waals surface area contributed by atoms with Gasteiger partial charge in [0.2, 0.25) is 0 Å². The smallest absolute Gasteiger partial charge is 0.256 e. The zero-order valence-electron chi connectivity index (χ0n) is 14.9. The van der Waals surface area contributed by atoms with Gasteiger partial charge < -0.3 is 19.3 Å². The molecular weight excluding hydrogens is 304 g/mol. The maximum absolute atomic E-state index is 13.0. The van der Waals surface area contributed by atoms with E-state index in [-0.39, 0.29) is 19.1 Å². The second-order valence-electron chi connectivity index (χ2n) is 5.79. The summed E-state index contributed by atoms with van der Waals surface area (Å²) in [6, 6.07) is 9.55. The summed E-state index contributed by atoms with van der Waals surface area (Å²) in [5.41, 5.74) is 3.64. The van der Waals surface area contributed by atoms with Crippen LogP contribution >= 0.6 is 0 Å². The predicted octanol–water partition coefficient (Wildman–Crippen LogP) is 2.77. The van der Waals surface area contributed by atoms with Crippen LogP contribution in [-0.2, 0) is 13.1 Å². The first-order valence-electron chi connectivity index (χ1n) is 8.22. The number of aliphatic hydroxyl groups excluding tert-OH is 1. The molecule has 5 heteroatoms. The van der Waals surface area contributed by atoms with Gasteiger partial charge in [-0.3, -0.25) is 4.79 Å². The lowest BCUT2D eigenvalue weighted by Gasteiger charge is -2.23. The fourth-order valence-electron chi connectivity index (χ4n) is 3.09. The van der Waals surface area contributed by atoms with E-state index < -0.39 is 0 Å². The number of hydrogen-bond donors (Lipinski definition) is 1. The summed E-state index contributed by atoms with van der Waals surface area (Å²) < 4.78 is 7.49. The number of carbonyl (C=O) groups is 1. The van der Waals surface area contributed by atoms with Gasteiger partial charge in [0, 0.05) is 36.6 Å². The Hall–Kier alpha value is -2.27. The number of ether oxygens (including phenoxy) is 1. The quantitative estimate of drug-likeness (QED) is 0.849.